The molecule has 0 atom stereocenters. The van der Waals surface area contributed by atoms with E-state index in [0.29, 0.717) is 5.56 Å². The summed E-state index contributed by atoms with van der Waals surface area (Å²) in [5.74, 6) is -0.585. The molecule has 0 saturated carbocycles. The third-order valence-electron chi connectivity index (χ3n) is 3.26. The molecule has 0 aromatic heterocycles. The number of esters is 1. The second-order valence-electron chi connectivity index (χ2n) is 4.71. The summed E-state index contributed by atoms with van der Waals surface area (Å²) in [4.78, 5) is 22.7. The second kappa shape index (κ2) is 7.99. The van der Waals surface area contributed by atoms with Gasteiger partial charge in [-0.2, -0.15) is 0 Å². The van der Waals surface area contributed by atoms with Crippen LogP contribution < -0.4 is 4.74 Å². The van der Waals surface area contributed by atoms with E-state index in [4.69, 9.17) is 32.7 Å². The van der Waals surface area contributed by atoms with Crippen LogP contribution in [0.25, 0.3) is 0 Å². The van der Waals surface area contributed by atoms with E-state index in [1.807, 2.05) is 0 Å². The van der Waals surface area contributed by atoms with Crippen molar-refractivity contribution in [2.75, 3.05) is 13.7 Å². The molecule has 0 radical (unpaired) electrons. The van der Waals surface area contributed by atoms with Gasteiger partial charge in [0, 0.05) is 18.1 Å². The van der Waals surface area contributed by atoms with Crippen LogP contribution in [0, 0.1) is 10.1 Å². The first-order valence-corrected chi connectivity index (χ1v) is 7.62. The summed E-state index contributed by atoms with van der Waals surface area (Å²) in [6.07, 6.45) is 0.198. The number of carbonyl (C=O) groups excluding carboxylic acids is 1. The number of hydrogen-bond donors (Lipinski definition) is 0. The summed E-state index contributed by atoms with van der Waals surface area (Å²) in [6, 6.07) is 9.23. The highest BCUT2D eigenvalue weighted by Gasteiger charge is 2.21. The van der Waals surface area contributed by atoms with Gasteiger partial charge in [-0.1, -0.05) is 41.4 Å². The van der Waals surface area contributed by atoms with Crippen molar-refractivity contribution in [1.82, 2.24) is 0 Å². The minimum Gasteiger partial charge on any atom is -0.494 e. The highest BCUT2D eigenvalue weighted by Crippen LogP contribution is 2.34. The van der Waals surface area contributed by atoms with Gasteiger partial charge in [-0.15, -0.1) is 0 Å². The topological polar surface area (TPSA) is 78.7 Å². The molecular formula is C16H13Cl2NO5. The monoisotopic (exact) mass is 369 g/mol. The minimum absolute atomic E-state index is 0.0214. The van der Waals surface area contributed by atoms with Gasteiger partial charge >= 0.3 is 5.97 Å². The van der Waals surface area contributed by atoms with Gasteiger partial charge < -0.3 is 9.47 Å². The van der Waals surface area contributed by atoms with Crippen molar-refractivity contribution >= 4 is 34.9 Å². The normalized spacial score (nSPS) is 10.3. The van der Waals surface area contributed by atoms with Crippen molar-refractivity contribution in [3.8, 4) is 5.75 Å². The Labute approximate surface area is 148 Å². The lowest BCUT2D eigenvalue weighted by Crippen LogP contribution is -2.11. The van der Waals surface area contributed by atoms with E-state index in [1.54, 1.807) is 18.2 Å². The molecule has 2 aromatic rings. The van der Waals surface area contributed by atoms with Crippen LogP contribution in [-0.2, 0) is 11.2 Å². The Morgan fingerprint density at radius 3 is 2.50 bits per heavy atom. The molecule has 0 N–H and O–H groups in total. The molecule has 0 aliphatic heterocycles. The Morgan fingerprint density at radius 2 is 1.83 bits per heavy atom. The number of benzene rings is 2. The average molecular weight is 370 g/mol. The number of carbonyl (C=O) groups is 1. The van der Waals surface area contributed by atoms with Gasteiger partial charge in [0.25, 0.3) is 5.69 Å². The summed E-state index contributed by atoms with van der Waals surface area (Å²) in [6.45, 7) is -0.0459. The maximum Gasteiger partial charge on any atom is 0.343 e. The molecule has 0 saturated heterocycles. The van der Waals surface area contributed by atoms with Crippen LogP contribution in [0.15, 0.2) is 36.4 Å². The standard InChI is InChI=1S/C16H13Cl2NO5/c1-23-15-12(18)7-6-11(17)14(15)16(20)24-9-8-10-4-2-3-5-13(10)19(21)22/h2-7H,8-9H2,1H3. The van der Waals surface area contributed by atoms with Gasteiger partial charge in [0.1, 0.15) is 5.56 Å². The molecule has 0 fully saturated rings. The molecule has 2 aromatic carbocycles. The first-order chi connectivity index (χ1) is 11.5. The maximum atomic E-state index is 12.2. The molecule has 126 valence electrons. The summed E-state index contributed by atoms with van der Waals surface area (Å²) in [5, 5.41) is 11.3. The van der Waals surface area contributed by atoms with E-state index in [0.717, 1.165) is 0 Å². The van der Waals surface area contributed by atoms with Crippen LogP contribution in [-0.4, -0.2) is 24.6 Å². The van der Waals surface area contributed by atoms with Crippen LogP contribution in [0.2, 0.25) is 10.0 Å². The molecule has 8 heteroatoms. The van der Waals surface area contributed by atoms with Crippen molar-refractivity contribution < 1.29 is 19.2 Å². The minimum atomic E-state index is -0.710. The highest BCUT2D eigenvalue weighted by atomic mass is 35.5. The van der Waals surface area contributed by atoms with Gasteiger partial charge in [0.2, 0.25) is 0 Å². The molecule has 0 aliphatic carbocycles. The first kappa shape index (κ1) is 18.0. The Hall–Kier alpha value is -2.31. The second-order valence-corrected chi connectivity index (χ2v) is 5.52. The highest BCUT2D eigenvalue weighted by molar-refractivity contribution is 6.37. The van der Waals surface area contributed by atoms with E-state index in [-0.39, 0.29) is 40.1 Å². The molecule has 24 heavy (non-hydrogen) atoms. The Morgan fingerprint density at radius 1 is 1.17 bits per heavy atom. The summed E-state index contributed by atoms with van der Waals surface area (Å²) < 4.78 is 10.2. The number of nitrogens with zero attached hydrogens (tertiary/aromatic N) is 1. The first-order valence-electron chi connectivity index (χ1n) is 6.87. The van der Waals surface area contributed by atoms with Crippen LogP contribution in [0.1, 0.15) is 15.9 Å². The molecule has 0 unspecified atom stereocenters. The molecule has 0 aliphatic rings. The Balaban J connectivity index is 2.10. The smallest absolute Gasteiger partial charge is 0.343 e. The fourth-order valence-electron chi connectivity index (χ4n) is 2.15. The predicted molar refractivity (Wildman–Crippen MR) is 90.1 cm³/mol. The Kier molecular flexibility index (Phi) is 6.00. The number of methoxy groups -OCH3 is 1. The Bertz CT molecular complexity index is 779. The zero-order valence-electron chi connectivity index (χ0n) is 12.6. The van der Waals surface area contributed by atoms with Crippen LogP contribution in [0.4, 0.5) is 5.69 Å². The van der Waals surface area contributed by atoms with Crippen molar-refractivity contribution in [3.63, 3.8) is 0 Å². The van der Waals surface area contributed by atoms with Crippen LogP contribution >= 0.6 is 23.2 Å². The number of halogens is 2. The predicted octanol–water partition coefficient (Wildman–Crippen LogP) is 4.31. The van der Waals surface area contributed by atoms with Gasteiger partial charge in [-0.3, -0.25) is 10.1 Å². The number of para-hydroxylation sites is 1. The number of rotatable bonds is 6. The van der Waals surface area contributed by atoms with Gasteiger partial charge in [0.05, 0.1) is 28.7 Å². The third-order valence-corrected chi connectivity index (χ3v) is 3.87. The fraction of sp³-hybridized carbons (Fsp3) is 0.188. The zero-order chi connectivity index (χ0) is 17.7. The molecule has 0 spiro atoms. The van der Waals surface area contributed by atoms with Gasteiger partial charge in [-0.25, -0.2) is 4.79 Å². The molecule has 0 heterocycles. The SMILES string of the molecule is COc1c(Cl)ccc(Cl)c1C(=O)OCCc1ccccc1[N+](=O)[O-]. The number of hydrogen-bond acceptors (Lipinski definition) is 5. The van der Waals surface area contributed by atoms with E-state index in [9.17, 15) is 14.9 Å². The third kappa shape index (κ3) is 3.96. The molecule has 0 bridgehead atoms. The van der Waals surface area contributed by atoms with E-state index in [2.05, 4.69) is 0 Å². The maximum absolute atomic E-state index is 12.2. The molecule has 0 amide bonds. The van der Waals surface area contributed by atoms with Crippen molar-refractivity contribution in [2.24, 2.45) is 0 Å². The lowest BCUT2D eigenvalue weighted by atomic mass is 10.1. The largest absolute Gasteiger partial charge is 0.494 e. The summed E-state index contributed by atoms with van der Waals surface area (Å²) in [5.41, 5.74) is 0.473. The zero-order valence-corrected chi connectivity index (χ0v) is 14.1. The average Bonchev–Trinajstić information content (AvgIpc) is 2.56. The van der Waals surface area contributed by atoms with E-state index in [1.165, 1.54) is 25.3 Å². The number of nitro benzene ring substituents is 1. The van der Waals surface area contributed by atoms with Gasteiger partial charge in [-0.05, 0) is 12.1 Å². The molecule has 6 nitrogen and oxygen atoms in total. The number of ether oxygens (including phenoxy) is 2. The number of nitro groups is 1. The lowest BCUT2D eigenvalue weighted by molar-refractivity contribution is -0.385. The van der Waals surface area contributed by atoms with Crippen molar-refractivity contribution in [1.29, 1.82) is 0 Å². The fourth-order valence-corrected chi connectivity index (χ4v) is 2.61. The van der Waals surface area contributed by atoms with E-state index >= 15 is 0 Å². The lowest BCUT2D eigenvalue weighted by Gasteiger charge is -2.11. The van der Waals surface area contributed by atoms with Crippen LogP contribution in [0.3, 0.4) is 0 Å². The van der Waals surface area contributed by atoms with Gasteiger partial charge in [0.15, 0.2) is 5.75 Å². The van der Waals surface area contributed by atoms with E-state index < -0.39 is 10.9 Å². The molecule has 2 rings (SSSR count). The van der Waals surface area contributed by atoms with Crippen LogP contribution in [0.5, 0.6) is 5.75 Å². The molecular weight excluding hydrogens is 357 g/mol. The van der Waals surface area contributed by atoms with Crippen molar-refractivity contribution in [3.05, 3.63) is 67.7 Å². The quantitative estimate of drug-likeness (QED) is 0.430. The van der Waals surface area contributed by atoms with Crippen molar-refractivity contribution in [2.45, 2.75) is 6.42 Å². The summed E-state index contributed by atoms with van der Waals surface area (Å²) >= 11 is 12.0. The summed E-state index contributed by atoms with van der Waals surface area (Å²) in [7, 11) is 1.36.